The molecule has 1 aromatic carbocycles. The highest BCUT2D eigenvalue weighted by molar-refractivity contribution is 6.90. The van der Waals surface area contributed by atoms with Crippen molar-refractivity contribution in [1.29, 1.82) is 0 Å². The van der Waals surface area contributed by atoms with E-state index >= 15 is 0 Å². The molecule has 0 spiro atoms. The average Bonchev–Trinajstić information content (AvgIpc) is 3.28. The zero-order valence-electron chi connectivity index (χ0n) is 20.1. The van der Waals surface area contributed by atoms with Crippen molar-refractivity contribution in [3.8, 4) is 29.2 Å². The van der Waals surface area contributed by atoms with Gasteiger partial charge in [0.15, 0.2) is 11.4 Å². The Kier molecular flexibility index (Phi) is 6.38. The van der Waals surface area contributed by atoms with Gasteiger partial charge in [-0.15, -0.1) is 0 Å². The number of fused-ring (bicyclic) bond motifs is 1. The predicted octanol–water partition coefficient (Wildman–Crippen LogP) is 3.79. The molecule has 3 aromatic rings. The van der Waals surface area contributed by atoms with E-state index in [2.05, 4.69) is 33.7 Å². The number of amides is 1. The molecule has 0 fully saturated rings. The predicted molar refractivity (Wildman–Crippen MR) is 130 cm³/mol. The van der Waals surface area contributed by atoms with Crippen molar-refractivity contribution >= 4 is 30.8 Å². The molecular formula is C23H28N4O6Si. The average molecular weight is 485 g/mol. The molecule has 4 rings (SSSR count). The Bertz CT molecular complexity index is 1200. The normalized spacial score (nSPS) is 13.9. The third kappa shape index (κ3) is 4.51. The van der Waals surface area contributed by atoms with Gasteiger partial charge in [0.25, 0.3) is 11.9 Å². The van der Waals surface area contributed by atoms with Crippen molar-refractivity contribution in [3.05, 3.63) is 35.6 Å². The quantitative estimate of drug-likeness (QED) is 0.483. The first-order chi connectivity index (χ1) is 16.2. The largest absolute Gasteiger partial charge is 0.494 e. The highest BCUT2D eigenvalue weighted by atomic mass is 28.3. The van der Waals surface area contributed by atoms with E-state index in [0.717, 1.165) is 24.0 Å². The van der Waals surface area contributed by atoms with Crippen LogP contribution in [0.2, 0.25) is 19.1 Å². The Morgan fingerprint density at radius 3 is 2.47 bits per heavy atom. The lowest BCUT2D eigenvalue weighted by Crippen LogP contribution is -2.46. The number of carbonyl (C=O) groups excluding carboxylic acids is 1. The standard InChI is InChI=1S/C23H28N4O6Si/c1-13-11-16-17(34(5,6)10-9-31-16)12-15(13)33-18-8-7-14(32-18)20(28)25-19-21(29-3)26-23(24-2)27-22(19)30-4/h7-8,11-12H,9-10H2,1-6H3,(H,25,28)(H,24,26,27). The number of furan rings is 1. The molecule has 1 aliphatic rings. The van der Waals surface area contributed by atoms with Crippen LogP contribution in [0.5, 0.6) is 29.2 Å². The molecule has 0 unspecified atom stereocenters. The zero-order valence-corrected chi connectivity index (χ0v) is 21.1. The van der Waals surface area contributed by atoms with E-state index in [1.165, 1.54) is 25.5 Å². The number of ether oxygens (including phenoxy) is 4. The molecule has 10 nitrogen and oxygen atoms in total. The molecule has 180 valence electrons. The number of nitrogens with one attached hydrogen (secondary N) is 2. The number of hydrogen-bond acceptors (Lipinski definition) is 9. The summed E-state index contributed by atoms with van der Waals surface area (Å²) < 4.78 is 28.1. The van der Waals surface area contributed by atoms with Gasteiger partial charge in [-0.05, 0) is 41.9 Å². The van der Waals surface area contributed by atoms with Crippen molar-refractivity contribution in [2.75, 3.05) is 38.5 Å². The highest BCUT2D eigenvalue weighted by Gasteiger charge is 2.32. The topological polar surface area (TPSA) is 117 Å². The van der Waals surface area contributed by atoms with E-state index in [1.807, 2.05) is 19.1 Å². The van der Waals surface area contributed by atoms with Gasteiger partial charge in [0, 0.05) is 13.1 Å². The summed E-state index contributed by atoms with van der Waals surface area (Å²) >= 11 is 0. The lowest BCUT2D eigenvalue weighted by Gasteiger charge is -2.31. The maximum absolute atomic E-state index is 12.9. The second-order valence-electron chi connectivity index (χ2n) is 8.46. The van der Waals surface area contributed by atoms with E-state index < -0.39 is 14.0 Å². The summed E-state index contributed by atoms with van der Waals surface area (Å²) in [5, 5.41) is 6.71. The second-order valence-corrected chi connectivity index (χ2v) is 13.3. The van der Waals surface area contributed by atoms with Gasteiger partial charge in [-0.25, -0.2) is 0 Å². The Morgan fingerprint density at radius 2 is 1.82 bits per heavy atom. The number of aromatic nitrogens is 2. The van der Waals surface area contributed by atoms with Gasteiger partial charge in [-0.2, -0.15) is 9.97 Å². The molecular weight excluding hydrogens is 456 g/mol. The Morgan fingerprint density at radius 1 is 1.12 bits per heavy atom. The lowest BCUT2D eigenvalue weighted by molar-refractivity contribution is 0.0990. The van der Waals surface area contributed by atoms with Crippen LogP contribution in [0.25, 0.3) is 0 Å². The lowest BCUT2D eigenvalue weighted by atomic mass is 10.2. The molecule has 1 amide bonds. The summed E-state index contributed by atoms with van der Waals surface area (Å²) in [7, 11) is 2.93. The molecule has 1 aliphatic heterocycles. The van der Waals surface area contributed by atoms with Crippen molar-refractivity contribution in [2.24, 2.45) is 0 Å². The van der Waals surface area contributed by atoms with E-state index in [4.69, 9.17) is 23.4 Å². The van der Waals surface area contributed by atoms with E-state index in [0.29, 0.717) is 5.75 Å². The minimum atomic E-state index is -1.60. The number of hydrogen-bond donors (Lipinski definition) is 2. The van der Waals surface area contributed by atoms with Crippen molar-refractivity contribution in [1.82, 2.24) is 9.97 Å². The molecule has 0 atom stereocenters. The summed E-state index contributed by atoms with van der Waals surface area (Å²) in [5.41, 5.74) is 1.11. The molecule has 11 heteroatoms. The van der Waals surface area contributed by atoms with E-state index in [1.54, 1.807) is 13.1 Å². The van der Waals surface area contributed by atoms with Gasteiger partial charge < -0.3 is 34.0 Å². The van der Waals surface area contributed by atoms with Gasteiger partial charge in [-0.1, -0.05) is 13.1 Å². The fourth-order valence-electron chi connectivity index (χ4n) is 3.69. The summed E-state index contributed by atoms with van der Waals surface area (Å²) in [6.07, 6.45) is 0. The van der Waals surface area contributed by atoms with Crippen molar-refractivity contribution in [3.63, 3.8) is 0 Å². The first-order valence-electron chi connectivity index (χ1n) is 10.8. The summed E-state index contributed by atoms with van der Waals surface area (Å²) in [6, 6.07) is 8.22. The molecule has 2 aromatic heterocycles. The number of nitrogens with zero attached hydrogens (tertiary/aromatic N) is 2. The molecule has 0 saturated heterocycles. The number of benzene rings is 1. The second kappa shape index (κ2) is 9.25. The van der Waals surface area contributed by atoms with E-state index in [9.17, 15) is 4.79 Å². The zero-order chi connectivity index (χ0) is 24.5. The van der Waals surface area contributed by atoms with Crippen LogP contribution in [0, 0.1) is 6.92 Å². The molecule has 34 heavy (non-hydrogen) atoms. The fourth-order valence-corrected chi connectivity index (χ4v) is 5.90. The number of methoxy groups -OCH3 is 2. The third-order valence-corrected chi connectivity index (χ3v) is 9.00. The minimum absolute atomic E-state index is 0.0467. The third-order valence-electron chi connectivity index (χ3n) is 5.70. The van der Waals surface area contributed by atoms with Crippen molar-refractivity contribution in [2.45, 2.75) is 26.1 Å². The van der Waals surface area contributed by atoms with Gasteiger partial charge >= 0.3 is 0 Å². The minimum Gasteiger partial charge on any atom is -0.494 e. The Labute approximate surface area is 198 Å². The van der Waals surface area contributed by atoms with Gasteiger partial charge in [0.2, 0.25) is 17.7 Å². The molecule has 0 radical (unpaired) electrons. The Hall–Kier alpha value is -3.73. The van der Waals surface area contributed by atoms with Gasteiger partial charge in [0.05, 0.1) is 28.9 Å². The first kappa shape index (κ1) is 23.4. The monoisotopic (exact) mass is 484 g/mol. The van der Waals surface area contributed by atoms with Gasteiger partial charge in [0.1, 0.15) is 11.5 Å². The van der Waals surface area contributed by atoms with Crippen LogP contribution in [0.3, 0.4) is 0 Å². The SMILES string of the molecule is CNc1nc(OC)c(NC(=O)c2ccc(Oc3cc4c(cc3C)OCC[Si]4(C)C)o2)c(OC)n1. The number of rotatable bonds is 7. The van der Waals surface area contributed by atoms with Crippen LogP contribution < -0.4 is 34.8 Å². The van der Waals surface area contributed by atoms with Crippen LogP contribution in [-0.4, -0.2) is 51.8 Å². The molecule has 0 bridgehead atoms. The summed E-state index contributed by atoms with van der Waals surface area (Å²) in [5.74, 6) is 1.90. The Balaban J connectivity index is 1.56. The van der Waals surface area contributed by atoms with Crippen LogP contribution in [0.15, 0.2) is 28.7 Å². The number of anilines is 2. The van der Waals surface area contributed by atoms with Crippen LogP contribution in [-0.2, 0) is 0 Å². The van der Waals surface area contributed by atoms with Crippen molar-refractivity contribution < 1.29 is 28.2 Å². The molecule has 0 aliphatic carbocycles. The number of aryl methyl sites for hydroxylation is 1. The van der Waals surface area contributed by atoms with Crippen LogP contribution in [0.4, 0.5) is 11.6 Å². The van der Waals surface area contributed by atoms with Crippen LogP contribution in [0.1, 0.15) is 16.1 Å². The maximum atomic E-state index is 12.9. The smallest absolute Gasteiger partial charge is 0.291 e. The van der Waals surface area contributed by atoms with E-state index in [-0.39, 0.29) is 35.1 Å². The molecule has 0 saturated carbocycles. The fraction of sp³-hybridized carbons (Fsp3) is 0.348. The number of carbonyl (C=O) groups is 1. The van der Waals surface area contributed by atoms with Crippen LogP contribution >= 0.6 is 0 Å². The summed E-state index contributed by atoms with van der Waals surface area (Å²) in [4.78, 5) is 21.2. The molecule has 3 heterocycles. The highest BCUT2D eigenvalue weighted by Crippen LogP contribution is 2.35. The summed E-state index contributed by atoms with van der Waals surface area (Å²) in [6.45, 7) is 7.34. The first-order valence-corrected chi connectivity index (χ1v) is 14.0. The van der Waals surface area contributed by atoms with Gasteiger partial charge in [-0.3, -0.25) is 4.79 Å². The molecule has 2 N–H and O–H groups in total. The maximum Gasteiger partial charge on any atom is 0.291 e.